The zero-order valence-corrected chi connectivity index (χ0v) is 17.6. The molecule has 0 aliphatic carbocycles. The Morgan fingerprint density at radius 3 is 2.39 bits per heavy atom. The molecule has 0 aromatic heterocycles. The maximum absolute atomic E-state index is 12.4. The molecule has 0 saturated carbocycles. The largest absolute Gasteiger partial charge is 0.504 e. The van der Waals surface area contributed by atoms with E-state index in [2.05, 4.69) is 5.32 Å². The van der Waals surface area contributed by atoms with Gasteiger partial charge in [0.1, 0.15) is 5.75 Å². The summed E-state index contributed by atoms with van der Waals surface area (Å²) in [6.45, 7) is 1.46. The summed E-state index contributed by atoms with van der Waals surface area (Å²) in [6, 6.07) is 9.24. The smallest absolute Gasteiger partial charge is 0.251 e. The van der Waals surface area contributed by atoms with Crippen molar-refractivity contribution in [1.82, 2.24) is 10.2 Å². The molecule has 1 aliphatic heterocycles. The van der Waals surface area contributed by atoms with Crippen molar-refractivity contribution in [3.8, 4) is 23.0 Å². The molecule has 9 heteroatoms. The average molecular weight is 449 g/mol. The molecule has 0 spiro atoms. The number of benzene rings is 2. The Labute approximate surface area is 185 Å². The number of carbonyl (C=O) groups is 2. The summed E-state index contributed by atoms with van der Waals surface area (Å²) >= 11 is 6.03. The molecule has 166 valence electrons. The fourth-order valence-electron chi connectivity index (χ4n) is 3.40. The van der Waals surface area contributed by atoms with Crippen molar-refractivity contribution < 1.29 is 29.6 Å². The maximum atomic E-state index is 12.4. The summed E-state index contributed by atoms with van der Waals surface area (Å²) in [5.41, 5.74) is 0.0461. The van der Waals surface area contributed by atoms with Crippen molar-refractivity contribution in [1.29, 1.82) is 0 Å². The molecule has 31 heavy (non-hydrogen) atoms. The number of rotatable bonds is 7. The molecule has 1 fully saturated rings. The summed E-state index contributed by atoms with van der Waals surface area (Å²) < 4.78 is 5.60. The van der Waals surface area contributed by atoms with Gasteiger partial charge in [0, 0.05) is 31.1 Å². The van der Waals surface area contributed by atoms with Gasteiger partial charge in [0.25, 0.3) is 5.91 Å². The monoisotopic (exact) mass is 448 g/mol. The highest BCUT2D eigenvalue weighted by molar-refractivity contribution is 6.32. The summed E-state index contributed by atoms with van der Waals surface area (Å²) in [5.74, 6) is -1.62. The molecule has 0 bridgehead atoms. The minimum atomic E-state index is -0.666. The highest BCUT2D eigenvalue weighted by Crippen LogP contribution is 2.35. The zero-order valence-electron chi connectivity index (χ0n) is 16.9. The third-order valence-electron chi connectivity index (χ3n) is 5.14. The van der Waals surface area contributed by atoms with Crippen LogP contribution in [0.3, 0.4) is 0 Å². The number of para-hydroxylation sites is 1. The van der Waals surface area contributed by atoms with Gasteiger partial charge in [-0.15, -0.1) is 0 Å². The number of phenolic OH excluding ortho intramolecular Hbond substituents is 3. The molecule has 8 nitrogen and oxygen atoms in total. The predicted octanol–water partition coefficient (Wildman–Crippen LogP) is 3.04. The van der Waals surface area contributed by atoms with E-state index in [4.69, 9.17) is 16.3 Å². The van der Waals surface area contributed by atoms with Crippen molar-refractivity contribution in [2.24, 2.45) is 0 Å². The Morgan fingerprint density at radius 2 is 1.74 bits per heavy atom. The topological polar surface area (TPSA) is 119 Å². The van der Waals surface area contributed by atoms with Crippen LogP contribution in [0.5, 0.6) is 23.0 Å². The van der Waals surface area contributed by atoms with Crippen molar-refractivity contribution in [2.75, 3.05) is 19.7 Å². The zero-order chi connectivity index (χ0) is 22.4. The van der Waals surface area contributed by atoms with Gasteiger partial charge in [-0.25, -0.2) is 0 Å². The molecular formula is C22H25ClN2O6. The lowest BCUT2D eigenvalue weighted by molar-refractivity contribution is -0.132. The van der Waals surface area contributed by atoms with Crippen molar-refractivity contribution in [3.63, 3.8) is 0 Å². The van der Waals surface area contributed by atoms with Gasteiger partial charge in [-0.05, 0) is 43.5 Å². The molecule has 1 saturated heterocycles. The van der Waals surface area contributed by atoms with E-state index in [0.717, 1.165) is 12.1 Å². The molecule has 1 heterocycles. The number of nitrogens with zero attached hydrogens (tertiary/aromatic N) is 1. The number of nitrogens with one attached hydrogen (secondary N) is 1. The number of phenols is 3. The van der Waals surface area contributed by atoms with Gasteiger partial charge in [-0.2, -0.15) is 0 Å². The van der Waals surface area contributed by atoms with Crippen LogP contribution < -0.4 is 10.1 Å². The fourth-order valence-corrected chi connectivity index (χ4v) is 3.59. The molecule has 0 radical (unpaired) electrons. The lowest BCUT2D eigenvalue weighted by Gasteiger charge is -2.32. The average Bonchev–Trinajstić information content (AvgIpc) is 2.76. The molecule has 0 unspecified atom stereocenters. The van der Waals surface area contributed by atoms with Crippen molar-refractivity contribution >= 4 is 23.4 Å². The van der Waals surface area contributed by atoms with Gasteiger partial charge in [-0.1, -0.05) is 23.7 Å². The van der Waals surface area contributed by atoms with Crippen LogP contribution in [0.2, 0.25) is 5.02 Å². The summed E-state index contributed by atoms with van der Waals surface area (Å²) in [4.78, 5) is 26.5. The van der Waals surface area contributed by atoms with Crippen LogP contribution in [0, 0.1) is 0 Å². The number of piperidine rings is 1. The minimum absolute atomic E-state index is 0.0425. The Morgan fingerprint density at radius 1 is 1.10 bits per heavy atom. The first-order valence-electron chi connectivity index (χ1n) is 10.1. The molecule has 1 aliphatic rings. The van der Waals surface area contributed by atoms with E-state index in [1.54, 1.807) is 17.0 Å². The molecule has 0 atom stereocenters. The van der Waals surface area contributed by atoms with E-state index >= 15 is 0 Å². The SMILES string of the molecule is O=C(NC1CCN(C(=O)CCCOc2ccccc2Cl)CC1)c1cc(O)c(O)c(O)c1. The van der Waals surface area contributed by atoms with E-state index in [0.29, 0.717) is 56.2 Å². The van der Waals surface area contributed by atoms with Crippen LogP contribution in [0.1, 0.15) is 36.0 Å². The summed E-state index contributed by atoms with van der Waals surface area (Å²) in [5, 5.41) is 31.8. The van der Waals surface area contributed by atoms with Crippen LogP contribution in [0.25, 0.3) is 0 Å². The first kappa shape index (κ1) is 22.6. The number of halogens is 1. The lowest BCUT2D eigenvalue weighted by Crippen LogP contribution is -2.46. The highest BCUT2D eigenvalue weighted by atomic mass is 35.5. The third-order valence-corrected chi connectivity index (χ3v) is 5.46. The third kappa shape index (κ3) is 5.95. The molecule has 2 aromatic carbocycles. The second-order valence-corrected chi connectivity index (χ2v) is 7.78. The van der Waals surface area contributed by atoms with Crippen molar-refractivity contribution in [3.05, 3.63) is 47.0 Å². The number of carbonyl (C=O) groups excluding carboxylic acids is 2. The number of aromatic hydroxyl groups is 3. The minimum Gasteiger partial charge on any atom is -0.504 e. The molecule has 4 N–H and O–H groups in total. The molecule has 3 rings (SSSR count). The highest BCUT2D eigenvalue weighted by Gasteiger charge is 2.24. The number of hydrogen-bond donors (Lipinski definition) is 4. The van der Waals surface area contributed by atoms with Crippen LogP contribution in [0.15, 0.2) is 36.4 Å². The summed E-state index contributed by atoms with van der Waals surface area (Å²) in [7, 11) is 0. The Balaban J connectivity index is 1.39. The van der Waals surface area contributed by atoms with Gasteiger partial charge in [-0.3, -0.25) is 9.59 Å². The Hall–Kier alpha value is -3.13. The fraction of sp³-hybridized carbons (Fsp3) is 0.364. The molecule has 2 amide bonds. The number of likely N-dealkylation sites (tertiary alicyclic amines) is 1. The van der Waals surface area contributed by atoms with E-state index in [-0.39, 0.29) is 17.5 Å². The van der Waals surface area contributed by atoms with Gasteiger partial charge >= 0.3 is 0 Å². The Kier molecular flexibility index (Phi) is 7.46. The van der Waals surface area contributed by atoms with Gasteiger partial charge in [0.2, 0.25) is 5.91 Å². The summed E-state index contributed by atoms with van der Waals surface area (Å²) in [6.07, 6.45) is 2.15. The molecular weight excluding hydrogens is 424 g/mol. The predicted molar refractivity (Wildman–Crippen MR) is 115 cm³/mol. The Bertz CT molecular complexity index is 920. The molecule has 2 aromatic rings. The van der Waals surface area contributed by atoms with E-state index in [1.807, 2.05) is 12.1 Å². The van der Waals surface area contributed by atoms with Crippen LogP contribution in [-0.2, 0) is 4.79 Å². The van der Waals surface area contributed by atoms with E-state index in [9.17, 15) is 24.9 Å². The van der Waals surface area contributed by atoms with Gasteiger partial charge in [0.05, 0.1) is 11.6 Å². The van der Waals surface area contributed by atoms with Crippen LogP contribution >= 0.6 is 11.6 Å². The second-order valence-electron chi connectivity index (χ2n) is 7.37. The first-order valence-corrected chi connectivity index (χ1v) is 10.4. The number of amides is 2. The normalized spacial score (nSPS) is 14.3. The second kappa shape index (κ2) is 10.3. The number of ether oxygens (including phenoxy) is 1. The first-order chi connectivity index (χ1) is 14.8. The van der Waals surface area contributed by atoms with Crippen LogP contribution in [-0.4, -0.2) is 57.8 Å². The van der Waals surface area contributed by atoms with Crippen LogP contribution in [0.4, 0.5) is 0 Å². The standard InChI is InChI=1S/C22H25ClN2O6/c23-16-4-1-2-5-19(16)31-11-3-6-20(28)25-9-7-15(8-10-25)24-22(30)14-12-17(26)21(29)18(27)13-14/h1-2,4-5,12-13,15,26-27,29H,3,6-11H2,(H,24,30). The number of hydrogen-bond acceptors (Lipinski definition) is 6. The van der Waals surface area contributed by atoms with Gasteiger partial charge in [0.15, 0.2) is 17.2 Å². The van der Waals surface area contributed by atoms with Crippen molar-refractivity contribution in [2.45, 2.75) is 31.7 Å². The van der Waals surface area contributed by atoms with E-state index in [1.165, 1.54) is 0 Å². The van der Waals surface area contributed by atoms with Gasteiger partial charge < -0.3 is 30.3 Å². The quantitative estimate of drug-likeness (QED) is 0.382. The lowest BCUT2D eigenvalue weighted by atomic mass is 10.0. The maximum Gasteiger partial charge on any atom is 0.251 e. The van der Waals surface area contributed by atoms with E-state index < -0.39 is 23.2 Å².